The summed E-state index contributed by atoms with van der Waals surface area (Å²) in [5.41, 5.74) is 0.162. The first kappa shape index (κ1) is 6.53. The van der Waals surface area contributed by atoms with Crippen molar-refractivity contribution in [2.24, 2.45) is 5.41 Å². The summed E-state index contributed by atoms with van der Waals surface area (Å²) in [4.78, 5) is 0. The maximum Gasteiger partial charge on any atom is 0.118 e. The Morgan fingerprint density at radius 2 is 2.22 bits per heavy atom. The van der Waals surface area contributed by atoms with E-state index in [-0.39, 0.29) is 11.2 Å². The molecule has 0 aromatic rings. The molecule has 0 fully saturated rings. The molecule has 0 spiro atoms. The molecule has 1 rings (SSSR count). The van der Waals surface area contributed by atoms with E-state index in [0.717, 1.165) is 6.42 Å². The van der Waals surface area contributed by atoms with Crippen molar-refractivity contribution in [3.05, 3.63) is 24.1 Å². The van der Waals surface area contributed by atoms with Crippen LogP contribution in [0.4, 0.5) is 4.39 Å². The molecule has 0 amide bonds. The van der Waals surface area contributed by atoms with Crippen LogP contribution in [0.5, 0.6) is 0 Å². The molecule has 0 unspecified atom stereocenters. The van der Waals surface area contributed by atoms with Gasteiger partial charge in [-0.15, -0.1) is 0 Å². The van der Waals surface area contributed by atoms with Crippen LogP contribution in [-0.4, -0.2) is 0 Å². The molecule has 0 aromatic carbocycles. The SMILES string of the molecule is CC1(C)C=CC(F)=CC1. The lowest BCUT2D eigenvalue weighted by molar-refractivity contribution is 0.469. The number of allylic oxidation sites excluding steroid dienone is 4. The topological polar surface area (TPSA) is 0 Å². The van der Waals surface area contributed by atoms with E-state index in [1.54, 1.807) is 6.08 Å². The summed E-state index contributed by atoms with van der Waals surface area (Å²) >= 11 is 0. The molecule has 0 atom stereocenters. The molecule has 50 valence electrons. The molecule has 0 nitrogen and oxygen atoms in total. The van der Waals surface area contributed by atoms with Crippen molar-refractivity contribution in [3.63, 3.8) is 0 Å². The standard InChI is InChI=1S/C8H11F/c1-8(2)5-3-7(9)4-6-8/h3-5H,6H2,1-2H3. The van der Waals surface area contributed by atoms with Crippen molar-refractivity contribution in [1.82, 2.24) is 0 Å². The molecule has 1 aliphatic rings. The zero-order chi connectivity index (χ0) is 6.91. The Kier molecular flexibility index (Phi) is 1.43. The van der Waals surface area contributed by atoms with E-state index in [0.29, 0.717) is 0 Å². The summed E-state index contributed by atoms with van der Waals surface area (Å²) in [6.45, 7) is 4.18. The van der Waals surface area contributed by atoms with Gasteiger partial charge < -0.3 is 0 Å². The smallest absolute Gasteiger partial charge is 0.118 e. The molecule has 0 saturated heterocycles. The fourth-order valence-electron chi connectivity index (χ4n) is 0.802. The first-order valence-corrected chi connectivity index (χ1v) is 3.15. The average molecular weight is 126 g/mol. The fraction of sp³-hybridized carbons (Fsp3) is 0.500. The first-order valence-electron chi connectivity index (χ1n) is 3.15. The Morgan fingerprint density at radius 1 is 1.56 bits per heavy atom. The van der Waals surface area contributed by atoms with Crippen LogP contribution in [-0.2, 0) is 0 Å². The van der Waals surface area contributed by atoms with Gasteiger partial charge in [0.15, 0.2) is 0 Å². The van der Waals surface area contributed by atoms with E-state index in [1.807, 2.05) is 6.08 Å². The zero-order valence-electron chi connectivity index (χ0n) is 5.82. The van der Waals surface area contributed by atoms with Crippen LogP contribution in [0.3, 0.4) is 0 Å². The molecule has 0 saturated carbocycles. The Bertz CT molecular complexity index is 163. The second kappa shape index (κ2) is 1.98. The van der Waals surface area contributed by atoms with E-state index >= 15 is 0 Å². The number of hydrogen-bond donors (Lipinski definition) is 0. The third kappa shape index (κ3) is 1.67. The van der Waals surface area contributed by atoms with Crippen molar-refractivity contribution in [1.29, 1.82) is 0 Å². The molecule has 0 aromatic heterocycles. The second-order valence-electron chi connectivity index (χ2n) is 3.12. The highest BCUT2D eigenvalue weighted by atomic mass is 19.1. The lowest BCUT2D eigenvalue weighted by Crippen LogP contribution is -2.07. The van der Waals surface area contributed by atoms with E-state index in [1.165, 1.54) is 6.08 Å². The van der Waals surface area contributed by atoms with Crippen LogP contribution < -0.4 is 0 Å². The highest BCUT2D eigenvalue weighted by Crippen LogP contribution is 2.28. The second-order valence-corrected chi connectivity index (χ2v) is 3.12. The van der Waals surface area contributed by atoms with Gasteiger partial charge in [0.05, 0.1) is 0 Å². The summed E-state index contributed by atoms with van der Waals surface area (Å²) in [6, 6.07) is 0. The third-order valence-corrected chi connectivity index (χ3v) is 1.52. The van der Waals surface area contributed by atoms with Gasteiger partial charge in [-0.1, -0.05) is 19.9 Å². The van der Waals surface area contributed by atoms with Gasteiger partial charge >= 0.3 is 0 Å². The largest absolute Gasteiger partial charge is 0.207 e. The van der Waals surface area contributed by atoms with Crippen molar-refractivity contribution in [2.75, 3.05) is 0 Å². The van der Waals surface area contributed by atoms with Crippen LogP contribution in [0.1, 0.15) is 20.3 Å². The van der Waals surface area contributed by atoms with E-state index in [9.17, 15) is 4.39 Å². The zero-order valence-corrected chi connectivity index (χ0v) is 5.82. The molecular weight excluding hydrogens is 115 g/mol. The Hall–Kier alpha value is -0.590. The minimum atomic E-state index is -0.102. The maximum atomic E-state index is 12.3. The van der Waals surface area contributed by atoms with Gasteiger partial charge in [-0.2, -0.15) is 0 Å². The Labute approximate surface area is 55.1 Å². The maximum absolute atomic E-state index is 12.3. The quantitative estimate of drug-likeness (QED) is 0.468. The monoisotopic (exact) mass is 126 g/mol. The number of hydrogen-bond acceptors (Lipinski definition) is 0. The van der Waals surface area contributed by atoms with Gasteiger partial charge in [0.1, 0.15) is 5.83 Å². The Balaban J connectivity index is 2.70. The summed E-state index contributed by atoms with van der Waals surface area (Å²) < 4.78 is 12.3. The van der Waals surface area contributed by atoms with E-state index in [2.05, 4.69) is 13.8 Å². The molecule has 9 heavy (non-hydrogen) atoms. The predicted molar refractivity (Wildman–Crippen MR) is 36.7 cm³/mol. The molecule has 0 radical (unpaired) electrons. The highest BCUT2D eigenvalue weighted by Gasteiger charge is 2.15. The summed E-state index contributed by atoms with van der Waals surface area (Å²) in [7, 11) is 0. The van der Waals surface area contributed by atoms with Crippen molar-refractivity contribution >= 4 is 0 Å². The van der Waals surface area contributed by atoms with Gasteiger partial charge in [0.25, 0.3) is 0 Å². The average Bonchev–Trinajstić information content (AvgIpc) is 1.78. The van der Waals surface area contributed by atoms with Crippen LogP contribution in [0, 0.1) is 5.41 Å². The summed E-state index contributed by atoms with van der Waals surface area (Å²) in [5, 5.41) is 0. The fourth-order valence-corrected chi connectivity index (χ4v) is 0.802. The Morgan fingerprint density at radius 3 is 2.56 bits per heavy atom. The minimum Gasteiger partial charge on any atom is -0.207 e. The number of halogens is 1. The lowest BCUT2D eigenvalue weighted by atomic mass is 9.86. The molecule has 0 N–H and O–H groups in total. The van der Waals surface area contributed by atoms with Crippen molar-refractivity contribution in [3.8, 4) is 0 Å². The molecule has 0 bridgehead atoms. The molecule has 1 heteroatoms. The molecule has 0 heterocycles. The van der Waals surface area contributed by atoms with Crippen LogP contribution in [0.25, 0.3) is 0 Å². The lowest BCUT2D eigenvalue weighted by Gasteiger charge is -2.20. The molecule has 0 aliphatic heterocycles. The van der Waals surface area contributed by atoms with E-state index < -0.39 is 0 Å². The predicted octanol–water partition coefficient (Wildman–Crippen LogP) is 2.83. The van der Waals surface area contributed by atoms with Crippen LogP contribution in [0.15, 0.2) is 24.1 Å². The minimum absolute atomic E-state index is 0.102. The number of rotatable bonds is 0. The highest BCUT2D eigenvalue weighted by molar-refractivity contribution is 5.19. The van der Waals surface area contributed by atoms with Crippen molar-refractivity contribution < 1.29 is 4.39 Å². The van der Waals surface area contributed by atoms with Crippen LogP contribution >= 0.6 is 0 Å². The molecular formula is C8H11F. The third-order valence-electron chi connectivity index (χ3n) is 1.52. The van der Waals surface area contributed by atoms with Gasteiger partial charge in [0.2, 0.25) is 0 Å². The van der Waals surface area contributed by atoms with Gasteiger partial charge in [-0.05, 0) is 24.0 Å². The normalized spacial score (nSPS) is 23.7. The van der Waals surface area contributed by atoms with Gasteiger partial charge in [-0.3, -0.25) is 0 Å². The van der Waals surface area contributed by atoms with Crippen molar-refractivity contribution in [2.45, 2.75) is 20.3 Å². The summed E-state index contributed by atoms with van der Waals surface area (Å²) in [6.07, 6.45) is 5.88. The van der Waals surface area contributed by atoms with E-state index in [4.69, 9.17) is 0 Å². The first-order chi connectivity index (χ1) is 4.10. The van der Waals surface area contributed by atoms with Crippen LogP contribution in [0.2, 0.25) is 0 Å². The van der Waals surface area contributed by atoms with Gasteiger partial charge in [0, 0.05) is 0 Å². The molecule has 1 aliphatic carbocycles. The summed E-state index contributed by atoms with van der Waals surface area (Å²) in [5.74, 6) is -0.102. The van der Waals surface area contributed by atoms with Gasteiger partial charge in [-0.25, -0.2) is 4.39 Å².